The van der Waals surface area contributed by atoms with Crippen molar-refractivity contribution in [2.24, 2.45) is 0 Å². The zero-order valence-corrected chi connectivity index (χ0v) is 14.4. The zero-order valence-electron chi connectivity index (χ0n) is 13.5. The Labute approximate surface area is 157 Å². The number of aromatic carboxylic acids is 1. The molecule has 146 valence electrons. The molecule has 3 aromatic rings. The maximum atomic E-state index is 13.1. The summed E-state index contributed by atoms with van der Waals surface area (Å²) < 4.78 is 39.3. The summed E-state index contributed by atoms with van der Waals surface area (Å²) in [5.74, 6) is -1.13. The predicted octanol–water partition coefficient (Wildman–Crippen LogP) is 3.47. The second-order valence-corrected chi connectivity index (χ2v) is 5.03. The number of aromatic nitrogens is 1. The first-order valence-electron chi connectivity index (χ1n) is 6.92. The fourth-order valence-electron chi connectivity index (χ4n) is 2.44. The van der Waals surface area contributed by atoms with Crippen molar-refractivity contribution in [3.63, 3.8) is 0 Å². The van der Waals surface area contributed by atoms with E-state index >= 15 is 0 Å². The van der Waals surface area contributed by atoms with E-state index in [4.69, 9.17) is 0 Å². The Morgan fingerprint density at radius 2 is 1.63 bits per heavy atom. The number of nitrogens with one attached hydrogen (secondary N) is 1. The van der Waals surface area contributed by atoms with Crippen LogP contribution in [0.15, 0.2) is 54.7 Å². The summed E-state index contributed by atoms with van der Waals surface area (Å²) in [6.07, 6.45) is -3.27. The lowest BCUT2D eigenvalue weighted by Crippen LogP contribution is -2.07. The number of carbonyl (C=O) groups is 1. The number of rotatable bonds is 3. The van der Waals surface area contributed by atoms with Gasteiger partial charge in [-0.3, -0.25) is 4.98 Å². The molecule has 0 radical (unpaired) electrons. The van der Waals surface area contributed by atoms with Crippen LogP contribution >= 0.6 is 12.4 Å². The molecule has 0 unspecified atom stereocenters. The fraction of sp³-hybridized carbons (Fsp3) is 0.0588. The van der Waals surface area contributed by atoms with Crippen molar-refractivity contribution < 1.29 is 34.0 Å². The Kier molecular flexibility index (Phi) is 8.19. The quantitative estimate of drug-likeness (QED) is 0.693. The number of carboxylic acid groups (broad SMARTS) is 1. The van der Waals surface area contributed by atoms with E-state index in [1.54, 1.807) is 18.2 Å². The van der Waals surface area contributed by atoms with Gasteiger partial charge in [0.1, 0.15) is 0 Å². The van der Waals surface area contributed by atoms with Crippen LogP contribution in [0.4, 0.5) is 24.5 Å². The highest BCUT2D eigenvalue weighted by Crippen LogP contribution is 2.36. The van der Waals surface area contributed by atoms with Gasteiger partial charge in [0.25, 0.3) is 0 Å². The zero-order chi connectivity index (χ0) is 17.3. The summed E-state index contributed by atoms with van der Waals surface area (Å²) >= 11 is 0. The van der Waals surface area contributed by atoms with Gasteiger partial charge in [-0.25, -0.2) is 4.79 Å². The van der Waals surface area contributed by atoms with Crippen LogP contribution in [0.2, 0.25) is 0 Å². The third kappa shape index (κ3) is 4.85. The smallest absolute Gasteiger partial charge is 0.418 e. The van der Waals surface area contributed by atoms with Crippen molar-refractivity contribution in [3.8, 4) is 0 Å². The van der Waals surface area contributed by atoms with E-state index in [0.717, 1.165) is 6.07 Å². The summed E-state index contributed by atoms with van der Waals surface area (Å²) in [4.78, 5) is 15.1. The van der Waals surface area contributed by atoms with Crippen molar-refractivity contribution in [1.29, 1.82) is 0 Å². The van der Waals surface area contributed by atoms with Crippen LogP contribution in [0, 0.1) is 0 Å². The largest absolute Gasteiger partial charge is 0.478 e. The molecule has 1 heterocycles. The topological polar surface area (TPSA) is 125 Å². The molecule has 27 heavy (non-hydrogen) atoms. The molecule has 0 spiro atoms. The molecule has 3 rings (SSSR count). The van der Waals surface area contributed by atoms with Crippen molar-refractivity contribution in [2.45, 2.75) is 6.18 Å². The van der Waals surface area contributed by atoms with Gasteiger partial charge in [-0.1, -0.05) is 24.3 Å². The first-order valence-corrected chi connectivity index (χ1v) is 6.92. The molecule has 0 bridgehead atoms. The highest BCUT2D eigenvalue weighted by molar-refractivity contribution is 5.99. The number of halogens is 4. The number of carboxylic acids is 1. The second kappa shape index (κ2) is 9.17. The number of fused-ring (bicyclic) bond motifs is 1. The number of alkyl halides is 3. The summed E-state index contributed by atoms with van der Waals surface area (Å²) in [6.45, 7) is 0. The molecule has 0 amide bonds. The van der Waals surface area contributed by atoms with Gasteiger partial charge in [0.15, 0.2) is 0 Å². The molecule has 6 N–H and O–H groups in total. The van der Waals surface area contributed by atoms with Gasteiger partial charge >= 0.3 is 12.1 Å². The predicted molar refractivity (Wildman–Crippen MR) is 97.9 cm³/mol. The number of pyridine rings is 1. The molecule has 0 aliphatic heterocycles. The number of anilines is 2. The Hall–Kier alpha value is -2.88. The summed E-state index contributed by atoms with van der Waals surface area (Å²) in [6, 6.07) is 11.4. The van der Waals surface area contributed by atoms with Gasteiger partial charge in [0.05, 0.1) is 22.3 Å². The van der Waals surface area contributed by atoms with Gasteiger partial charge in [-0.2, -0.15) is 13.2 Å². The van der Waals surface area contributed by atoms with Gasteiger partial charge in [0.2, 0.25) is 0 Å². The molecule has 0 aliphatic carbocycles. The Morgan fingerprint density at radius 1 is 0.963 bits per heavy atom. The molecule has 6 nitrogen and oxygen atoms in total. The number of para-hydroxylation sites is 2. The lowest BCUT2D eigenvalue weighted by atomic mass is 10.1. The van der Waals surface area contributed by atoms with Gasteiger partial charge in [-0.15, -0.1) is 12.4 Å². The Balaban J connectivity index is 0.00000225. The van der Waals surface area contributed by atoms with E-state index < -0.39 is 17.7 Å². The first kappa shape index (κ1) is 24.1. The van der Waals surface area contributed by atoms with Crippen LogP contribution in [0.3, 0.4) is 0 Å². The van der Waals surface area contributed by atoms with Gasteiger partial charge in [-0.05, 0) is 24.3 Å². The van der Waals surface area contributed by atoms with E-state index in [1.807, 2.05) is 0 Å². The van der Waals surface area contributed by atoms with E-state index in [2.05, 4.69) is 10.3 Å². The molecule has 1 aromatic heterocycles. The number of hydrogen-bond donors (Lipinski definition) is 2. The average molecular weight is 405 g/mol. The minimum Gasteiger partial charge on any atom is -0.478 e. The highest BCUT2D eigenvalue weighted by atomic mass is 35.5. The lowest BCUT2D eigenvalue weighted by molar-refractivity contribution is -0.136. The normalized spacial score (nSPS) is 10.2. The van der Waals surface area contributed by atoms with Crippen LogP contribution in [-0.2, 0) is 6.18 Å². The number of hydrogen-bond acceptors (Lipinski definition) is 3. The summed E-state index contributed by atoms with van der Waals surface area (Å²) in [5.41, 5.74) is -0.373. The SMILES string of the molecule is Cl.O.O.O=C(O)c1ccccc1Nc1ccnc2c(C(F)(F)F)cccc12. The van der Waals surface area contributed by atoms with Crippen molar-refractivity contribution in [1.82, 2.24) is 4.98 Å². The average Bonchev–Trinajstić information content (AvgIpc) is 2.54. The van der Waals surface area contributed by atoms with Crippen molar-refractivity contribution in [3.05, 3.63) is 65.9 Å². The third-order valence-electron chi connectivity index (χ3n) is 3.50. The van der Waals surface area contributed by atoms with Gasteiger partial charge in [0, 0.05) is 17.3 Å². The maximum absolute atomic E-state index is 13.1. The van der Waals surface area contributed by atoms with Crippen molar-refractivity contribution >= 4 is 40.7 Å². The van der Waals surface area contributed by atoms with Gasteiger partial charge < -0.3 is 21.4 Å². The van der Waals surface area contributed by atoms with E-state index in [1.165, 1.54) is 30.5 Å². The molecule has 10 heteroatoms. The van der Waals surface area contributed by atoms with Crippen LogP contribution < -0.4 is 5.32 Å². The molecule has 0 saturated carbocycles. The van der Waals surface area contributed by atoms with E-state index in [-0.39, 0.29) is 45.5 Å². The molecule has 0 saturated heterocycles. The molecule has 0 aliphatic rings. The second-order valence-electron chi connectivity index (χ2n) is 5.03. The minimum absolute atomic E-state index is 0. The minimum atomic E-state index is -4.52. The summed E-state index contributed by atoms with van der Waals surface area (Å²) in [7, 11) is 0. The number of nitrogens with zero attached hydrogens (tertiary/aromatic N) is 1. The maximum Gasteiger partial charge on any atom is 0.418 e. The van der Waals surface area contributed by atoms with E-state index in [0.29, 0.717) is 5.69 Å². The summed E-state index contributed by atoms with van der Waals surface area (Å²) in [5, 5.41) is 12.4. The van der Waals surface area contributed by atoms with Crippen molar-refractivity contribution in [2.75, 3.05) is 5.32 Å². The highest BCUT2D eigenvalue weighted by Gasteiger charge is 2.33. The molecule has 2 aromatic carbocycles. The number of benzene rings is 2. The first-order chi connectivity index (χ1) is 11.4. The van der Waals surface area contributed by atoms with Crippen LogP contribution in [0.1, 0.15) is 15.9 Å². The monoisotopic (exact) mass is 404 g/mol. The molecular formula is C17H16ClF3N2O4. The van der Waals surface area contributed by atoms with Crippen LogP contribution in [-0.4, -0.2) is 27.0 Å². The fourth-order valence-corrected chi connectivity index (χ4v) is 2.44. The molecule has 0 fully saturated rings. The Bertz CT molecular complexity index is 935. The lowest BCUT2D eigenvalue weighted by Gasteiger charge is -2.14. The van der Waals surface area contributed by atoms with E-state index in [9.17, 15) is 23.1 Å². The molecular weight excluding hydrogens is 389 g/mol. The Morgan fingerprint density at radius 3 is 2.26 bits per heavy atom. The standard InChI is InChI=1S/C17H11F3N2O2.ClH.2H2O/c18-17(19,20)12-6-3-5-10-14(8-9-21-15(10)12)22-13-7-2-1-4-11(13)16(23)24;;;/h1-9H,(H,21,22)(H,23,24);1H;2*1H2. The molecule has 0 atom stereocenters. The van der Waals surface area contributed by atoms with Crippen LogP contribution in [0.25, 0.3) is 10.9 Å². The third-order valence-corrected chi connectivity index (χ3v) is 3.50. The van der Waals surface area contributed by atoms with Crippen LogP contribution in [0.5, 0.6) is 0 Å².